The van der Waals surface area contributed by atoms with Crippen LogP contribution >= 0.6 is 0 Å². The summed E-state index contributed by atoms with van der Waals surface area (Å²) in [5.74, 6) is 0.200. The van der Waals surface area contributed by atoms with Crippen LogP contribution in [0.15, 0.2) is 35.7 Å². The molecular weight excluding hydrogens is 204 g/mol. The molecule has 1 unspecified atom stereocenters. The maximum absolute atomic E-state index is 8.74. The number of imidazole rings is 1. The van der Waals surface area contributed by atoms with Crippen LogP contribution in [0.4, 0.5) is 0 Å². The zero-order valence-corrected chi connectivity index (χ0v) is 9.04. The third-order valence-electron chi connectivity index (χ3n) is 2.66. The van der Waals surface area contributed by atoms with Crippen molar-refractivity contribution >= 4 is 16.9 Å². The third kappa shape index (κ3) is 1.60. The number of amidine groups is 1. The zero-order valence-electron chi connectivity index (χ0n) is 9.04. The summed E-state index contributed by atoms with van der Waals surface area (Å²) in [5, 5.41) is 11.8. The minimum atomic E-state index is -0.155. The van der Waals surface area contributed by atoms with Gasteiger partial charge in [-0.2, -0.15) is 0 Å². The van der Waals surface area contributed by atoms with E-state index in [0.717, 1.165) is 17.5 Å². The third-order valence-corrected chi connectivity index (χ3v) is 2.66. The Morgan fingerprint density at radius 3 is 3.00 bits per heavy atom. The molecule has 1 aromatic carbocycles. The van der Waals surface area contributed by atoms with Crippen LogP contribution in [0.2, 0.25) is 0 Å². The molecule has 1 atom stereocenters. The Kier molecular flexibility index (Phi) is 2.76. The van der Waals surface area contributed by atoms with Gasteiger partial charge in [-0.25, -0.2) is 4.98 Å². The van der Waals surface area contributed by atoms with Gasteiger partial charge in [-0.05, 0) is 18.6 Å². The molecule has 0 aliphatic carbocycles. The summed E-state index contributed by atoms with van der Waals surface area (Å²) in [7, 11) is 0. The fourth-order valence-corrected chi connectivity index (χ4v) is 1.84. The molecule has 5 heteroatoms. The molecule has 0 spiro atoms. The molecule has 0 radical (unpaired) electrons. The molecule has 2 aromatic rings. The van der Waals surface area contributed by atoms with Crippen molar-refractivity contribution in [3.05, 3.63) is 30.6 Å². The monoisotopic (exact) mass is 218 g/mol. The number of para-hydroxylation sites is 2. The molecule has 3 N–H and O–H groups in total. The first kappa shape index (κ1) is 10.5. The molecular formula is C11H14N4O. The van der Waals surface area contributed by atoms with Gasteiger partial charge in [-0.15, -0.1) is 0 Å². The number of hydrogen-bond acceptors (Lipinski definition) is 3. The van der Waals surface area contributed by atoms with E-state index in [0.29, 0.717) is 0 Å². The van der Waals surface area contributed by atoms with Crippen molar-refractivity contribution in [1.82, 2.24) is 9.55 Å². The number of oxime groups is 1. The first-order chi connectivity index (χ1) is 7.77. The van der Waals surface area contributed by atoms with Crippen molar-refractivity contribution < 1.29 is 5.21 Å². The molecule has 0 aliphatic rings. The van der Waals surface area contributed by atoms with E-state index in [4.69, 9.17) is 10.9 Å². The maximum Gasteiger partial charge on any atom is 0.162 e. The molecule has 16 heavy (non-hydrogen) atoms. The van der Waals surface area contributed by atoms with Gasteiger partial charge >= 0.3 is 0 Å². The highest BCUT2D eigenvalue weighted by Gasteiger charge is 2.16. The van der Waals surface area contributed by atoms with Gasteiger partial charge in [0, 0.05) is 0 Å². The second-order valence-electron chi connectivity index (χ2n) is 3.59. The Morgan fingerprint density at radius 1 is 1.56 bits per heavy atom. The van der Waals surface area contributed by atoms with E-state index in [1.165, 1.54) is 0 Å². The van der Waals surface area contributed by atoms with Crippen LogP contribution < -0.4 is 5.73 Å². The number of aromatic nitrogens is 2. The lowest BCUT2D eigenvalue weighted by atomic mass is 10.2. The minimum Gasteiger partial charge on any atom is -0.409 e. The summed E-state index contributed by atoms with van der Waals surface area (Å²) in [6, 6.07) is 7.63. The Balaban J connectivity index is 2.53. The molecule has 1 aromatic heterocycles. The Bertz CT molecular complexity index is 517. The number of benzene rings is 1. The molecule has 0 saturated heterocycles. The summed E-state index contributed by atoms with van der Waals surface area (Å²) in [6.45, 7) is 1.98. The van der Waals surface area contributed by atoms with E-state index in [-0.39, 0.29) is 11.9 Å². The average Bonchev–Trinajstić information content (AvgIpc) is 2.74. The second kappa shape index (κ2) is 4.22. The standard InChI is InChI=1S/C11H14N4O/c1-2-9(11(12)14-16)15-7-13-8-5-3-4-6-10(8)15/h3-7,9,16H,2H2,1H3,(H2,12,14). The van der Waals surface area contributed by atoms with E-state index >= 15 is 0 Å². The van der Waals surface area contributed by atoms with Crippen LogP contribution in [0.25, 0.3) is 11.0 Å². The first-order valence-electron chi connectivity index (χ1n) is 5.17. The van der Waals surface area contributed by atoms with Crippen LogP contribution in [0.1, 0.15) is 19.4 Å². The summed E-state index contributed by atoms with van der Waals surface area (Å²) in [4.78, 5) is 4.27. The van der Waals surface area contributed by atoms with Gasteiger partial charge in [0.15, 0.2) is 5.84 Å². The highest BCUT2D eigenvalue weighted by atomic mass is 16.4. The fraction of sp³-hybridized carbons (Fsp3) is 0.273. The molecule has 0 fully saturated rings. The van der Waals surface area contributed by atoms with E-state index in [1.54, 1.807) is 6.33 Å². The Labute approximate surface area is 93.2 Å². The van der Waals surface area contributed by atoms with Crippen LogP contribution in [0.3, 0.4) is 0 Å². The average molecular weight is 218 g/mol. The van der Waals surface area contributed by atoms with Gasteiger partial charge in [0.05, 0.1) is 23.4 Å². The molecule has 0 saturated carbocycles. The number of fused-ring (bicyclic) bond motifs is 1. The predicted octanol–water partition coefficient (Wildman–Crippen LogP) is 1.73. The SMILES string of the molecule is CCC(C(N)=NO)n1cnc2ccccc21. The lowest BCUT2D eigenvalue weighted by molar-refractivity contribution is 0.313. The van der Waals surface area contributed by atoms with Crippen molar-refractivity contribution in [1.29, 1.82) is 0 Å². The maximum atomic E-state index is 8.74. The summed E-state index contributed by atoms with van der Waals surface area (Å²) in [6.07, 6.45) is 2.47. The predicted molar refractivity (Wildman–Crippen MR) is 62.5 cm³/mol. The van der Waals surface area contributed by atoms with Crippen LogP contribution in [0.5, 0.6) is 0 Å². The lowest BCUT2D eigenvalue weighted by Gasteiger charge is -2.15. The van der Waals surface area contributed by atoms with Crippen molar-refractivity contribution in [3.63, 3.8) is 0 Å². The summed E-state index contributed by atoms with van der Waals surface area (Å²) >= 11 is 0. The first-order valence-corrected chi connectivity index (χ1v) is 5.17. The Morgan fingerprint density at radius 2 is 2.31 bits per heavy atom. The minimum absolute atomic E-state index is 0.155. The number of rotatable bonds is 3. The zero-order chi connectivity index (χ0) is 11.5. The largest absolute Gasteiger partial charge is 0.409 e. The fourth-order valence-electron chi connectivity index (χ4n) is 1.84. The Hall–Kier alpha value is -2.04. The van der Waals surface area contributed by atoms with Gasteiger partial charge in [0.25, 0.3) is 0 Å². The molecule has 84 valence electrons. The molecule has 0 aliphatic heterocycles. The number of nitrogens with two attached hydrogens (primary N) is 1. The normalized spacial score (nSPS) is 14.2. The molecule has 5 nitrogen and oxygen atoms in total. The van der Waals surface area contributed by atoms with Gasteiger partial charge in [-0.3, -0.25) is 0 Å². The van der Waals surface area contributed by atoms with Crippen LogP contribution in [-0.4, -0.2) is 20.6 Å². The number of hydrogen-bond donors (Lipinski definition) is 2. The summed E-state index contributed by atoms with van der Waals surface area (Å²) in [5.41, 5.74) is 7.56. The van der Waals surface area contributed by atoms with E-state index in [1.807, 2.05) is 35.8 Å². The van der Waals surface area contributed by atoms with Gasteiger partial charge in [-0.1, -0.05) is 24.2 Å². The molecule has 2 rings (SSSR count). The van der Waals surface area contributed by atoms with E-state index < -0.39 is 0 Å². The summed E-state index contributed by atoms with van der Waals surface area (Å²) < 4.78 is 1.92. The highest BCUT2D eigenvalue weighted by molar-refractivity contribution is 5.86. The van der Waals surface area contributed by atoms with Gasteiger partial charge < -0.3 is 15.5 Å². The second-order valence-corrected chi connectivity index (χ2v) is 3.59. The van der Waals surface area contributed by atoms with Gasteiger partial charge in [0.2, 0.25) is 0 Å². The molecule has 1 heterocycles. The van der Waals surface area contributed by atoms with Gasteiger partial charge in [0.1, 0.15) is 0 Å². The van der Waals surface area contributed by atoms with Crippen LogP contribution in [0, 0.1) is 0 Å². The van der Waals surface area contributed by atoms with Crippen molar-refractivity contribution in [2.24, 2.45) is 10.9 Å². The lowest BCUT2D eigenvalue weighted by Crippen LogP contribution is -2.26. The van der Waals surface area contributed by atoms with Crippen molar-refractivity contribution in [2.45, 2.75) is 19.4 Å². The van der Waals surface area contributed by atoms with Crippen LogP contribution in [-0.2, 0) is 0 Å². The highest BCUT2D eigenvalue weighted by Crippen LogP contribution is 2.19. The topological polar surface area (TPSA) is 76.4 Å². The number of nitrogens with zero attached hydrogens (tertiary/aromatic N) is 3. The van der Waals surface area contributed by atoms with E-state index in [2.05, 4.69) is 10.1 Å². The smallest absolute Gasteiger partial charge is 0.162 e. The molecule has 0 bridgehead atoms. The van der Waals surface area contributed by atoms with Crippen molar-refractivity contribution in [3.8, 4) is 0 Å². The van der Waals surface area contributed by atoms with Crippen molar-refractivity contribution in [2.75, 3.05) is 0 Å². The quantitative estimate of drug-likeness (QED) is 0.356. The molecule has 0 amide bonds. The van der Waals surface area contributed by atoms with E-state index in [9.17, 15) is 0 Å².